The van der Waals surface area contributed by atoms with Gasteiger partial charge in [0.1, 0.15) is 11.6 Å². The first kappa shape index (κ1) is 24.9. The predicted molar refractivity (Wildman–Crippen MR) is 137 cm³/mol. The highest BCUT2D eigenvalue weighted by atomic mass is 19.1. The van der Waals surface area contributed by atoms with Gasteiger partial charge in [0.2, 0.25) is 5.91 Å². The van der Waals surface area contributed by atoms with Gasteiger partial charge in [0.15, 0.2) is 5.82 Å². The molecule has 0 bridgehead atoms. The molecule has 0 radical (unpaired) electrons. The number of aromatic nitrogens is 3. The minimum absolute atomic E-state index is 0.0356. The second kappa shape index (κ2) is 11.5. The van der Waals surface area contributed by atoms with Crippen LogP contribution in [0.1, 0.15) is 25.8 Å². The molecule has 0 fully saturated rings. The van der Waals surface area contributed by atoms with E-state index < -0.39 is 0 Å². The van der Waals surface area contributed by atoms with Crippen LogP contribution in [0.15, 0.2) is 72.8 Å². The summed E-state index contributed by atoms with van der Waals surface area (Å²) in [4.78, 5) is 16.6. The number of nitrogens with zero attached hydrogens (tertiary/aromatic N) is 3. The molecular weight excluding hydrogens is 459 g/mol. The molecule has 186 valence electrons. The molecule has 8 heteroatoms. The Morgan fingerprint density at radius 2 is 1.81 bits per heavy atom. The lowest BCUT2D eigenvalue weighted by atomic mass is 10.1. The number of carbonyl (C=O) groups excluding carboxylic acids is 1. The van der Waals surface area contributed by atoms with Crippen LogP contribution in [0.5, 0.6) is 11.8 Å². The summed E-state index contributed by atoms with van der Waals surface area (Å²) in [5.74, 6) is 1.12. The maximum absolute atomic E-state index is 14.0. The van der Waals surface area contributed by atoms with Gasteiger partial charge in [-0.3, -0.25) is 4.79 Å². The van der Waals surface area contributed by atoms with E-state index in [-0.39, 0.29) is 23.7 Å². The molecule has 0 saturated carbocycles. The van der Waals surface area contributed by atoms with Crippen molar-refractivity contribution >= 4 is 11.6 Å². The maximum atomic E-state index is 14.0. The van der Waals surface area contributed by atoms with E-state index in [1.54, 1.807) is 36.1 Å². The molecule has 0 saturated heterocycles. The van der Waals surface area contributed by atoms with Crippen molar-refractivity contribution in [2.45, 2.75) is 26.7 Å². The van der Waals surface area contributed by atoms with Gasteiger partial charge in [-0.25, -0.2) is 9.07 Å². The molecule has 1 amide bonds. The Hall–Kier alpha value is -4.20. The van der Waals surface area contributed by atoms with Crippen LogP contribution in [-0.4, -0.2) is 34.4 Å². The van der Waals surface area contributed by atoms with Crippen LogP contribution in [0.25, 0.3) is 17.1 Å². The fourth-order valence-corrected chi connectivity index (χ4v) is 3.67. The first-order valence-corrected chi connectivity index (χ1v) is 11.8. The molecule has 36 heavy (non-hydrogen) atoms. The number of anilines is 1. The van der Waals surface area contributed by atoms with Crippen LogP contribution in [0.4, 0.5) is 10.1 Å². The van der Waals surface area contributed by atoms with E-state index in [4.69, 9.17) is 9.47 Å². The van der Waals surface area contributed by atoms with Crippen LogP contribution in [0, 0.1) is 11.7 Å². The minimum atomic E-state index is -0.368. The highest BCUT2D eigenvalue weighted by Crippen LogP contribution is 2.25. The van der Waals surface area contributed by atoms with Crippen molar-refractivity contribution in [3.05, 3.63) is 84.2 Å². The number of nitrogens with one attached hydrogen (secondary N) is 1. The average Bonchev–Trinajstić information content (AvgIpc) is 3.28. The van der Waals surface area contributed by atoms with Gasteiger partial charge in [-0.05, 0) is 60.0 Å². The van der Waals surface area contributed by atoms with Crippen molar-refractivity contribution in [1.82, 2.24) is 14.8 Å². The Bertz CT molecular complexity index is 1300. The van der Waals surface area contributed by atoms with Gasteiger partial charge in [0.05, 0.1) is 19.4 Å². The third-order valence-corrected chi connectivity index (χ3v) is 5.44. The predicted octanol–water partition coefficient (Wildman–Crippen LogP) is 5.69. The minimum Gasteiger partial charge on any atom is -0.497 e. The number of hydrogen-bond acceptors (Lipinski definition) is 5. The molecule has 0 aliphatic carbocycles. The van der Waals surface area contributed by atoms with Crippen molar-refractivity contribution in [1.29, 1.82) is 0 Å². The summed E-state index contributed by atoms with van der Waals surface area (Å²) in [7, 11) is 1.63. The van der Waals surface area contributed by atoms with E-state index in [2.05, 4.69) is 15.4 Å². The molecule has 0 aliphatic heterocycles. The van der Waals surface area contributed by atoms with E-state index >= 15 is 0 Å². The molecule has 0 unspecified atom stereocenters. The topological polar surface area (TPSA) is 78.3 Å². The lowest BCUT2D eigenvalue weighted by molar-refractivity contribution is -0.116. The number of halogens is 1. The van der Waals surface area contributed by atoms with Crippen molar-refractivity contribution in [2.24, 2.45) is 5.92 Å². The number of amides is 1. The van der Waals surface area contributed by atoms with E-state index in [0.29, 0.717) is 42.2 Å². The zero-order valence-electron chi connectivity index (χ0n) is 20.6. The van der Waals surface area contributed by atoms with Crippen LogP contribution in [0.3, 0.4) is 0 Å². The average molecular weight is 489 g/mol. The maximum Gasteiger partial charge on any atom is 0.336 e. The lowest BCUT2D eigenvalue weighted by Crippen LogP contribution is -2.13. The van der Waals surface area contributed by atoms with E-state index in [1.165, 1.54) is 12.1 Å². The molecule has 0 aliphatic rings. The SMILES string of the molecule is COc1ccc(CCOc2nc(-c3cccc(F)c3)n(-c3ccc(NC(=O)CC(C)C)cc3)n2)cc1. The summed E-state index contributed by atoms with van der Waals surface area (Å²) in [6, 6.07) is 21.4. The normalized spacial score (nSPS) is 10.9. The zero-order chi connectivity index (χ0) is 25.5. The van der Waals surface area contributed by atoms with Crippen molar-refractivity contribution in [3.8, 4) is 28.8 Å². The largest absolute Gasteiger partial charge is 0.497 e. The van der Waals surface area contributed by atoms with Gasteiger partial charge in [-0.15, -0.1) is 5.10 Å². The van der Waals surface area contributed by atoms with Gasteiger partial charge >= 0.3 is 6.01 Å². The van der Waals surface area contributed by atoms with Crippen LogP contribution in [0.2, 0.25) is 0 Å². The van der Waals surface area contributed by atoms with E-state index in [9.17, 15) is 9.18 Å². The number of rotatable bonds is 10. The molecule has 0 spiro atoms. The Morgan fingerprint density at radius 1 is 1.06 bits per heavy atom. The fourth-order valence-electron chi connectivity index (χ4n) is 3.67. The van der Waals surface area contributed by atoms with Crippen molar-refractivity contribution in [3.63, 3.8) is 0 Å². The summed E-state index contributed by atoms with van der Waals surface area (Å²) in [6.07, 6.45) is 1.12. The summed E-state index contributed by atoms with van der Waals surface area (Å²) in [5, 5.41) is 7.42. The molecule has 3 aromatic carbocycles. The third-order valence-electron chi connectivity index (χ3n) is 5.44. The molecule has 1 N–H and O–H groups in total. The zero-order valence-corrected chi connectivity index (χ0v) is 20.6. The molecule has 0 atom stereocenters. The molecule has 4 rings (SSSR count). The number of hydrogen-bond donors (Lipinski definition) is 1. The molecule has 4 aromatic rings. The molecule has 1 heterocycles. The van der Waals surface area contributed by atoms with Gasteiger partial charge < -0.3 is 14.8 Å². The quantitative estimate of drug-likeness (QED) is 0.310. The summed E-state index contributed by atoms with van der Waals surface area (Å²) < 4.78 is 26.6. The Morgan fingerprint density at radius 3 is 2.47 bits per heavy atom. The van der Waals surface area contributed by atoms with Crippen LogP contribution in [-0.2, 0) is 11.2 Å². The molecular formula is C28H29FN4O3. The van der Waals surface area contributed by atoms with Crippen LogP contribution >= 0.6 is 0 Å². The first-order chi connectivity index (χ1) is 17.4. The second-order valence-corrected chi connectivity index (χ2v) is 8.78. The summed E-state index contributed by atoms with van der Waals surface area (Å²) in [5.41, 5.74) is 3.05. The van der Waals surface area contributed by atoms with Crippen molar-refractivity contribution in [2.75, 3.05) is 19.0 Å². The molecule has 7 nitrogen and oxygen atoms in total. The summed E-state index contributed by atoms with van der Waals surface area (Å²) in [6.45, 7) is 4.37. The molecule has 1 aromatic heterocycles. The summed E-state index contributed by atoms with van der Waals surface area (Å²) >= 11 is 0. The monoisotopic (exact) mass is 488 g/mol. The Labute approximate surface area is 209 Å². The van der Waals surface area contributed by atoms with Gasteiger partial charge in [-0.2, -0.15) is 4.98 Å². The number of methoxy groups -OCH3 is 1. The number of ether oxygens (including phenoxy) is 2. The Balaban J connectivity index is 1.54. The fraction of sp³-hybridized carbons (Fsp3) is 0.250. The van der Waals surface area contributed by atoms with Gasteiger partial charge in [0.25, 0.3) is 0 Å². The number of benzene rings is 3. The lowest BCUT2D eigenvalue weighted by Gasteiger charge is -2.09. The third kappa shape index (κ3) is 6.47. The highest BCUT2D eigenvalue weighted by molar-refractivity contribution is 5.90. The van der Waals surface area contributed by atoms with Gasteiger partial charge in [-0.1, -0.05) is 38.1 Å². The first-order valence-electron chi connectivity index (χ1n) is 11.8. The highest BCUT2D eigenvalue weighted by Gasteiger charge is 2.16. The van der Waals surface area contributed by atoms with Crippen molar-refractivity contribution < 1.29 is 18.7 Å². The van der Waals surface area contributed by atoms with Crippen LogP contribution < -0.4 is 14.8 Å². The standard InChI is InChI=1S/C28H29FN4O3/c1-19(2)17-26(34)30-23-9-11-24(12-10-23)33-27(21-5-4-6-22(29)18-21)31-28(32-33)36-16-15-20-7-13-25(35-3)14-8-20/h4-14,18-19H,15-17H2,1-3H3,(H,30,34). The van der Waals surface area contributed by atoms with E-state index in [1.807, 2.05) is 50.2 Å². The second-order valence-electron chi connectivity index (χ2n) is 8.78. The van der Waals surface area contributed by atoms with E-state index in [0.717, 1.165) is 11.3 Å². The number of carbonyl (C=O) groups is 1. The Kier molecular flexibility index (Phi) is 7.95. The smallest absolute Gasteiger partial charge is 0.336 e. The van der Waals surface area contributed by atoms with Gasteiger partial charge in [0, 0.05) is 24.1 Å².